The van der Waals surface area contributed by atoms with Crippen molar-refractivity contribution in [3.05, 3.63) is 59.4 Å². The lowest BCUT2D eigenvalue weighted by Gasteiger charge is -2.08. The minimum Gasteiger partial charge on any atom is -0.354 e. The highest BCUT2D eigenvalue weighted by Gasteiger charge is 2.09. The molecule has 2 aromatic heterocycles. The quantitative estimate of drug-likeness (QED) is 0.567. The molecule has 2 heterocycles. The van der Waals surface area contributed by atoms with E-state index in [4.69, 9.17) is 0 Å². The average Bonchev–Trinajstić information content (AvgIpc) is 3.20. The van der Waals surface area contributed by atoms with Gasteiger partial charge >= 0.3 is 0 Å². The van der Waals surface area contributed by atoms with Gasteiger partial charge in [-0.05, 0) is 31.2 Å². The minimum absolute atomic E-state index is 0.0614. The molecule has 0 aliphatic heterocycles. The predicted octanol–water partition coefficient (Wildman–Crippen LogP) is 3.70. The van der Waals surface area contributed by atoms with Crippen LogP contribution < -0.4 is 5.32 Å². The maximum atomic E-state index is 12.1. The van der Waals surface area contributed by atoms with Gasteiger partial charge in [0.2, 0.25) is 5.91 Å². The molecule has 6 heteroatoms. The first-order valence-electron chi connectivity index (χ1n) is 8.74. The summed E-state index contributed by atoms with van der Waals surface area (Å²) in [4.78, 5) is 21.3. The van der Waals surface area contributed by atoms with E-state index in [-0.39, 0.29) is 5.91 Å². The Hall–Kier alpha value is -2.73. The summed E-state index contributed by atoms with van der Waals surface area (Å²) in [6.07, 6.45) is 1.14. The number of nitrogens with zero attached hydrogens (tertiary/aromatic N) is 3. The van der Waals surface area contributed by atoms with Crippen molar-refractivity contribution in [2.24, 2.45) is 0 Å². The molecule has 2 aromatic carbocycles. The Morgan fingerprint density at radius 3 is 2.69 bits per heavy atom. The van der Waals surface area contributed by atoms with E-state index in [1.807, 2.05) is 43.3 Å². The van der Waals surface area contributed by atoms with E-state index < -0.39 is 0 Å². The zero-order chi connectivity index (χ0) is 17.9. The summed E-state index contributed by atoms with van der Waals surface area (Å²) in [6, 6.07) is 16.1. The van der Waals surface area contributed by atoms with Crippen LogP contribution in [0.25, 0.3) is 21.3 Å². The van der Waals surface area contributed by atoms with E-state index in [2.05, 4.69) is 32.0 Å². The molecule has 0 bridgehead atoms. The number of para-hydroxylation sites is 3. The summed E-state index contributed by atoms with van der Waals surface area (Å²) in [5.41, 5.74) is 3.11. The second-order valence-corrected chi connectivity index (χ2v) is 7.34. The minimum atomic E-state index is 0.0614. The Bertz CT molecular complexity index is 1030. The number of hydrogen-bond donors (Lipinski definition) is 1. The molecule has 0 saturated carbocycles. The van der Waals surface area contributed by atoms with Crippen LogP contribution in [0.15, 0.2) is 48.5 Å². The van der Waals surface area contributed by atoms with Crippen LogP contribution in [-0.2, 0) is 17.8 Å². The SMILES string of the molecule is Cc1nc2ccccc2n1CCNC(=O)CCc1nc2ccccc2s1. The molecule has 1 amide bonds. The topological polar surface area (TPSA) is 59.8 Å². The van der Waals surface area contributed by atoms with E-state index in [1.165, 1.54) is 4.70 Å². The van der Waals surface area contributed by atoms with Gasteiger partial charge in [-0.3, -0.25) is 4.79 Å². The zero-order valence-corrected chi connectivity index (χ0v) is 15.4. The maximum absolute atomic E-state index is 12.1. The van der Waals surface area contributed by atoms with Crippen molar-refractivity contribution in [3.8, 4) is 0 Å². The summed E-state index contributed by atoms with van der Waals surface area (Å²) in [5, 5.41) is 4.02. The lowest BCUT2D eigenvalue weighted by Crippen LogP contribution is -2.27. The van der Waals surface area contributed by atoms with Gasteiger partial charge < -0.3 is 9.88 Å². The van der Waals surface area contributed by atoms with Crippen LogP contribution >= 0.6 is 11.3 Å². The third-order valence-corrected chi connectivity index (χ3v) is 5.50. The van der Waals surface area contributed by atoms with Gasteiger partial charge in [-0.1, -0.05) is 24.3 Å². The van der Waals surface area contributed by atoms with Gasteiger partial charge in [-0.25, -0.2) is 9.97 Å². The highest BCUT2D eigenvalue weighted by Crippen LogP contribution is 2.22. The number of carbonyl (C=O) groups excluding carboxylic acids is 1. The van der Waals surface area contributed by atoms with Crippen LogP contribution in [0, 0.1) is 6.92 Å². The highest BCUT2D eigenvalue weighted by molar-refractivity contribution is 7.18. The fourth-order valence-electron chi connectivity index (χ4n) is 3.12. The molecule has 0 unspecified atom stereocenters. The van der Waals surface area contributed by atoms with E-state index in [9.17, 15) is 4.79 Å². The third kappa shape index (κ3) is 3.46. The number of aromatic nitrogens is 3. The number of thiazole rings is 1. The molecule has 0 saturated heterocycles. The average molecular weight is 364 g/mol. The van der Waals surface area contributed by atoms with E-state index in [0.717, 1.165) is 33.9 Å². The number of aryl methyl sites for hydroxylation is 2. The first-order chi connectivity index (χ1) is 12.7. The first-order valence-corrected chi connectivity index (χ1v) is 9.55. The van der Waals surface area contributed by atoms with Gasteiger partial charge in [0.1, 0.15) is 5.82 Å². The van der Waals surface area contributed by atoms with Crippen molar-refractivity contribution in [2.45, 2.75) is 26.3 Å². The van der Waals surface area contributed by atoms with Gasteiger partial charge in [0.05, 0.1) is 26.3 Å². The predicted molar refractivity (Wildman–Crippen MR) is 105 cm³/mol. The molecule has 0 radical (unpaired) electrons. The fourth-order valence-corrected chi connectivity index (χ4v) is 4.09. The van der Waals surface area contributed by atoms with E-state index >= 15 is 0 Å². The van der Waals surface area contributed by atoms with E-state index in [1.54, 1.807) is 11.3 Å². The van der Waals surface area contributed by atoms with Crippen molar-refractivity contribution >= 4 is 38.5 Å². The number of nitrogens with one attached hydrogen (secondary N) is 1. The van der Waals surface area contributed by atoms with Crippen molar-refractivity contribution < 1.29 is 4.79 Å². The van der Waals surface area contributed by atoms with Crippen LogP contribution in [0.5, 0.6) is 0 Å². The van der Waals surface area contributed by atoms with E-state index in [0.29, 0.717) is 19.4 Å². The number of fused-ring (bicyclic) bond motifs is 2. The maximum Gasteiger partial charge on any atom is 0.220 e. The summed E-state index contributed by atoms with van der Waals surface area (Å²) in [6.45, 7) is 3.31. The third-order valence-electron chi connectivity index (χ3n) is 4.41. The number of hydrogen-bond acceptors (Lipinski definition) is 4. The molecule has 0 aliphatic rings. The monoisotopic (exact) mass is 364 g/mol. The van der Waals surface area contributed by atoms with Crippen molar-refractivity contribution in [3.63, 3.8) is 0 Å². The summed E-state index contributed by atoms with van der Waals surface area (Å²) >= 11 is 1.66. The second kappa shape index (κ2) is 7.25. The smallest absolute Gasteiger partial charge is 0.220 e. The molecule has 0 atom stereocenters. The highest BCUT2D eigenvalue weighted by atomic mass is 32.1. The zero-order valence-electron chi connectivity index (χ0n) is 14.6. The molecular weight excluding hydrogens is 344 g/mol. The van der Waals surface area contributed by atoms with Crippen LogP contribution in [0.4, 0.5) is 0 Å². The normalized spacial score (nSPS) is 11.3. The summed E-state index contributed by atoms with van der Waals surface area (Å²) in [5.74, 6) is 1.03. The number of carbonyl (C=O) groups is 1. The Kier molecular flexibility index (Phi) is 4.67. The number of benzene rings is 2. The summed E-state index contributed by atoms with van der Waals surface area (Å²) in [7, 11) is 0. The molecule has 0 fully saturated rings. The van der Waals surface area contributed by atoms with Crippen LogP contribution in [-0.4, -0.2) is 27.0 Å². The van der Waals surface area contributed by atoms with Crippen molar-refractivity contribution in [2.75, 3.05) is 6.54 Å². The van der Waals surface area contributed by atoms with Crippen molar-refractivity contribution in [1.82, 2.24) is 19.9 Å². The van der Waals surface area contributed by atoms with Crippen LogP contribution in [0.3, 0.4) is 0 Å². The lowest BCUT2D eigenvalue weighted by atomic mass is 10.3. The van der Waals surface area contributed by atoms with Crippen LogP contribution in [0.1, 0.15) is 17.3 Å². The van der Waals surface area contributed by atoms with Crippen LogP contribution in [0.2, 0.25) is 0 Å². The molecule has 26 heavy (non-hydrogen) atoms. The molecule has 132 valence electrons. The fraction of sp³-hybridized carbons (Fsp3) is 0.250. The van der Waals surface area contributed by atoms with Gasteiger partial charge in [0.25, 0.3) is 0 Å². The molecule has 0 aliphatic carbocycles. The number of rotatable bonds is 6. The lowest BCUT2D eigenvalue weighted by molar-refractivity contribution is -0.121. The largest absolute Gasteiger partial charge is 0.354 e. The Labute approximate surface area is 155 Å². The van der Waals surface area contributed by atoms with Gasteiger partial charge in [-0.2, -0.15) is 0 Å². The molecule has 4 aromatic rings. The molecular formula is C20H20N4OS. The van der Waals surface area contributed by atoms with Crippen molar-refractivity contribution in [1.29, 1.82) is 0 Å². The Morgan fingerprint density at radius 2 is 1.85 bits per heavy atom. The molecule has 1 N–H and O–H groups in total. The van der Waals surface area contributed by atoms with Gasteiger partial charge in [0, 0.05) is 25.9 Å². The Morgan fingerprint density at radius 1 is 1.08 bits per heavy atom. The second-order valence-electron chi connectivity index (χ2n) is 6.22. The standard InChI is InChI=1S/C20H20N4OS/c1-14-22-15-6-2-4-8-17(15)24(14)13-12-21-19(25)10-11-20-23-16-7-3-5-9-18(16)26-20/h2-9H,10-13H2,1H3,(H,21,25). The summed E-state index contributed by atoms with van der Waals surface area (Å²) < 4.78 is 3.31. The molecule has 0 spiro atoms. The molecule has 5 nitrogen and oxygen atoms in total. The molecule has 4 rings (SSSR count). The van der Waals surface area contributed by atoms with Gasteiger partial charge in [-0.15, -0.1) is 11.3 Å². The number of amides is 1. The van der Waals surface area contributed by atoms with Gasteiger partial charge in [0.15, 0.2) is 0 Å². The number of imidazole rings is 1. The first kappa shape index (κ1) is 16.7. The Balaban J connectivity index is 1.30.